The third kappa shape index (κ3) is 6.30. The van der Waals surface area contributed by atoms with Crippen LogP contribution in [0.25, 0.3) is 0 Å². The van der Waals surface area contributed by atoms with Crippen LogP contribution in [-0.2, 0) is 4.74 Å². The number of hydrogen-bond donors (Lipinski definition) is 2. The fraction of sp³-hybridized carbons (Fsp3) is 0.588. The Morgan fingerprint density at radius 2 is 2.00 bits per heavy atom. The molecule has 0 aromatic heterocycles. The van der Waals surface area contributed by atoms with Crippen molar-refractivity contribution in [1.29, 1.82) is 0 Å². The van der Waals surface area contributed by atoms with Crippen LogP contribution >= 0.6 is 11.8 Å². The van der Waals surface area contributed by atoms with E-state index in [1.807, 2.05) is 0 Å². The van der Waals surface area contributed by atoms with E-state index < -0.39 is 0 Å². The molecule has 0 radical (unpaired) electrons. The molecule has 1 atom stereocenters. The number of halogens is 1. The van der Waals surface area contributed by atoms with Gasteiger partial charge in [0.1, 0.15) is 5.82 Å². The summed E-state index contributed by atoms with van der Waals surface area (Å²) >= 11 is 1.77. The van der Waals surface area contributed by atoms with E-state index in [2.05, 4.69) is 21.8 Å². The molecule has 2 amide bonds. The monoisotopic (exact) mass is 355 g/mol. The molecule has 2 rings (SSSR count). The van der Waals surface area contributed by atoms with Gasteiger partial charge in [0.05, 0.1) is 19.3 Å². The number of amides is 2. The molecular formula is C17H26FN3O2S. The second kappa shape index (κ2) is 10.5. The fourth-order valence-electron chi connectivity index (χ4n) is 2.70. The van der Waals surface area contributed by atoms with Gasteiger partial charge in [-0.05, 0) is 36.1 Å². The van der Waals surface area contributed by atoms with E-state index in [9.17, 15) is 9.18 Å². The van der Waals surface area contributed by atoms with Crippen molar-refractivity contribution in [2.24, 2.45) is 0 Å². The average Bonchev–Trinajstić information content (AvgIpc) is 2.61. The van der Waals surface area contributed by atoms with Gasteiger partial charge in [0.25, 0.3) is 0 Å². The number of nitrogens with zero attached hydrogens (tertiary/aromatic N) is 1. The zero-order valence-electron chi connectivity index (χ0n) is 14.1. The Bertz CT molecular complexity index is 495. The lowest BCUT2D eigenvalue weighted by molar-refractivity contribution is 0.0167. The maximum absolute atomic E-state index is 13.2. The maximum Gasteiger partial charge on any atom is 0.314 e. The summed E-state index contributed by atoms with van der Waals surface area (Å²) in [4.78, 5) is 14.2. The van der Waals surface area contributed by atoms with Crippen molar-refractivity contribution >= 4 is 17.8 Å². The molecule has 0 bridgehead atoms. The van der Waals surface area contributed by atoms with E-state index in [4.69, 9.17) is 4.74 Å². The molecule has 5 nitrogen and oxygen atoms in total. The number of rotatable bonds is 8. The molecule has 1 aromatic carbocycles. The van der Waals surface area contributed by atoms with E-state index >= 15 is 0 Å². The van der Waals surface area contributed by atoms with Crippen LogP contribution in [0, 0.1) is 5.82 Å². The molecular weight excluding hydrogens is 329 g/mol. The number of ether oxygens (including phenoxy) is 1. The van der Waals surface area contributed by atoms with Crippen molar-refractivity contribution in [2.75, 3.05) is 51.4 Å². The highest BCUT2D eigenvalue weighted by atomic mass is 32.2. The fourth-order valence-corrected chi connectivity index (χ4v) is 3.14. The summed E-state index contributed by atoms with van der Waals surface area (Å²) in [7, 11) is 0. The first-order valence-electron chi connectivity index (χ1n) is 8.28. The van der Waals surface area contributed by atoms with Gasteiger partial charge >= 0.3 is 6.03 Å². The molecule has 1 saturated heterocycles. The van der Waals surface area contributed by atoms with Crippen LogP contribution < -0.4 is 10.6 Å². The van der Waals surface area contributed by atoms with Crippen LogP contribution in [0.1, 0.15) is 18.0 Å². The van der Waals surface area contributed by atoms with Crippen LogP contribution in [0.4, 0.5) is 9.18 Å². The van der Waals surface area contributed by atoms with Gasteiger partial charge in [0.15, 0.2) is 0 Å². The molecule has 0 spiro atoms. The van der Waals surface area contributed by atoms with Crippen molar-refractivity contribution in [2.45, 2.75) is 12.5 Å². The summed E-state index contributed by atoms with van der Waals surface area (Å²) in [6, 6.07) is 6.36. The predicted molar refractivity (Wildman–Crippen MR) is 95.9 cm³/mol. The van der Waals surface area contributed by atoms with Crippen molar-refractivity contribution < 1.29 is 13.9 Å². The van der Waals surface area contributed by atoms with Gasteiger partial charge in [0.2, 0.25) is 0 Å². The molecule has 7 heteroatoms. The van der Waals surface area contributed by atoms with Crippen LogP contribution in [0.3, 0.4) is 0 Å². The largest absolute Gasteiger partial charge is 0.379 e. The molecule has 2 N–H and O–H groups in total. The highest BCUT2D eigenvalue weighted by molar-refractivity contribution is 7.98. The molecule has 24 heavy (non-hydrogen) atoms. The Morgan fingerprint density at radius 1 is 1.29 bits per heavy atom. The smallest absolute Gasteiger partial charge is 0.314 e. The van der Waals surface area contributed by atoms with Crippen molar-refractivity contribution in [3.63, 3.8) is 0 Å². The predicted octanol–water partition coefficient (Wildman–Crippen LogP) is 2.25. The Kier molecular flexibility index (Phi) is 8.35. The maximum atomic E-state index is 13.2. The second-order valence-electron chi connectivity index (χ2n) is 5.70. The molecule has 1 heterocycles. The minimum atomic E-state index is -0.251. The van der Waals surface area contributed by atoms with E-state index in [0.29, 0.717) is 26.3 Å². The Morgan fingerprint density at radius 3 is 2.67 bits per heavy atom. The molecule has 1 aliphatic heterocycles. The Hall–Kier alpha value is -1.31. The number of carbonyl (C=O) groups excluding carboxylic acids is 1. The number of benzene rings is 1. The normalized spacial score (nSPS) is 16.6. The lowest BCUT2D eigenvalue weighted by Gasteiger charge is -2.35. The summed E-state index contributed by atoms with van der Waals surface area (Å²) in [6.07, 6.45) is 3.01. The van der Waals surface area contributed by atoms with E-state index in [1.165, 1.54) is 12.1 Å². The summed E-state index contributed by atoms with van der Waals surface area (Å²) in [5.74, 6) is 0.783. The van der Waals surface area contributed by atoms with Crippen molar-refractivity contribution in [1.82, 2.24) is 15.5 Å². The lowest BCUT2D eigenvalue weighted by Crippen LogP contribution is -2.45. The summed E-state index contributed by atoms with van der Waals surface area (Å²) in [6.45, 7) is 4.13. The van der Waals surface area contributed by atoms with Gasteiger partial charge in [0, 0.05) is 26.2 Å². The molecule has 1 aromatic rings. The minimum absolute atomic E-state index is 0.0199. The molecule has 0 saturated carbocycles. The van der Waals surface area contributed by atoms with Gasteiger partial charge in [-0.2, -0.15) is 11.8 Å². The quantitative estimate of drug-likeness (QED) is 0.703. The Labute approximate surface area is 147 Å². The highest BCUT2D eigenvalue weighted by Gasteiger charge is 2.23. The van der Waals surface area contributed by atoms with Gasteiger partial charge in [-0.25, -0.2) is 9.18 Å². The van der Waals surface area contributed by atoms with E-state index in [-0.39, 0.29) is 17.9 Å². The molecule has 134 valence electrons. The first-order valence-corrected chi connectivity index (χ1v) is 9.68. The standard InChI is InChI=1S/C17H26FN3O2S/c1-24-12-2-7-19-17(22)20-13-16(21-8-10-23-11-9-21)14-3-5-15(18)6-4-14/h3-6,16H,2,7-13H2,1H3,(H2,19,20,22). The van der Waals surface area contributed by atoms with E-state index in [0.717, 1.165) is 30.8 Å². The zero-order chi connectivity index (χ0) is 17.2. The van der Waals surface area contributed by atoms with Gasteiger partial charge < -0.3 is 15.4 Å². The number of urea groups is 1. The van der Waals surface area contributed by atoms with Crippen molar-refractivity contribution in [3.05, 3.63) is 35.6 Å². The third-order valence-corrected chi connectivity index (χ3v) is 4.70. The van der Waals surface area contributed by atoms with Gasteiger partial charge in [-0.15, -0.1) is 0 Å². The molecule has 1 aliphatic rings. The van der Waals surface area contributed by atoms with E-state index in [1.54, 1.807) is 23.9 Å². The minimum Gasteiger partial charge on any atom is -0.379 e. The lowest BCUT2D eigenvalue weighted by atomic mass is 10.0. The van der Waals surface area contributed by atoms with Crippen LogP contribution in [0.5, 0.6) is 0 Å². The third-order valence-electron chi connectivity index (χ3n) is 4.01. The number of hydrogen-bond acceptors (Lipinski definition) is 4. The first-order chi connectivity index (χ1) is 11.7. The van der Waals surface area contributed by atoms with Gasteiger partial charge in [-0.1, -0.05) is 12.1 Å². The Balaban J connectivity index is 1.90. The first kappa shape index (κ1) is 19.0. The average molecular weight is 355 g/mol. The zero-order valence-corrected chi connectivity index (χ0v) is 14.9. The van der Waals surface area contributed by atoms with Gasteiger partial charge in [-0.3, -0.25) is 4.90 Å². The molecule has 0 aliphatic carbocycles. The topological polar surface area (TPSA) is 53.6 Å². The summed E-state index contributed by atoms with van der Waals surface area (Å²) < 4.78 is 18.6. The van der Waals surface area contributed by atoms with Crippen LogP contribution in [0.2, 0.25) is 0 Å². The molecule has 1 fully saturated rings. The number of carbonyl (C=O) groups is 1. The van der Waals surface area contributed by atoms with Crippen LogP contribution in [0.15, 0.2) is 24.3 Å². The summed E-state index contributed by atoms with van der Waals surface area (Å²) in [5, 5.41) is 5.81. The van der Waals surface area contributed by atoms with Crippen molar-refractivity contribution in [3.8, 4) is 0 Å². The SMILES string of the molecule is CSCCCNC(=O)NCC(c1ccc(F)cc1)N1CCOCC1. The highest BCUT2D eigenvalue weighted by Crippen LogP contribution is 2.21. The number of nitrogens with one attached hydrogen (secondary N) is 2. The number of morpholine rings is 1. The summed E-state index contributed by atoms with van der Waals surface area (Å²) in [5.41, 5.74) is 1.00. The second-order valence-corrected chi connectivity index (χ2v) is 6.68. The molecule has 1 unspecified atom stereocenters. The number of thioether (sulfide) groups is 1. The van der Waals surface area contributed by atoms with Crippen LogP contribution in [-0.4, -0.2) is 62.3 Å².